The van der Waals surface area contributed by atoms with Gasteiger partial charge in [0, 0.05) is 19.8 Å². The fourth-order valence-electron chi connectivity index (χ4n) is 1.64. The highest BCUT2D eigenvalue weighted by Crippen LogP contribution is 2.28. The molecule has 0 aromatic carbocycles. The third kappa shape index (κ3) is 5.35. The van der Waals surface area contributed by atoms with E-state index in [1.165, 1.54) is 12.8 Å². The second-order valence-electron chi connectivity index (χ2n) is 4.65. The van der Waals surface area contributed by atoms with Crippen molar-refractivity contribution in [2.75, 3.05) is 19.8 Å². The molecule has 1 saturated carbocycles. The lowest BCUT2D eigenvalue weighted by molar-refractivity contribution is -0.123. The minimum atomic E-state index is -0.553. The monoisotopic (exact) mass is 257 g/mol. The first-order valence-corrected chi connectivity index (χ1v) is 6.51. The van der Waals surface area contributed by atoms with Crippen LogP contribution < -0.4 is 11.1 Å². The molecule has 6 nitrogen and oxygen atoms in total. The van der Waals surface area contributed by atoms with E-state index in [-0.39, 0.29) is 11.7 Å². The number of hydrogen-bond acceptors (Lipinski definition) is 4. The van der Waals surface area contributed by atoms with Gasteiger partial charge >= 0.3 is 0 Å². The summed E-state index contributed by atoms with van der Waals surface area (Å²) in [5.74, 6) is -0.0259. The Bertz CT molecular complexity index is 290. The van der Waals surface area contributed by atoms with Gasteiger partial charge in [-0.3, -0.25) is 4.79 Å². The van der Waals surface area contributed by atoms with Crippen LogP contribution in [0.25, 0.3) is 0 Å². The van der Waals surface area contributed by atoms with E-state index >= 15 is 0 Å². The Kier molecular flexibility index (Phi) is 6.49. The van der Waals surface area contributed by atoms with Crippen LogP contribution >= 0.6 is 0 Å². The topological polar surface area (TPSA) is 96.9 Å². The van der Waals surface area contributed by atoms with Crippen molar-refractivity contribution in [2.45, 2.75) is 32.6 Å². The van der Waals surface area contributed by atoms with Crippen molar-refractivity contribution >= 4 is 11.7 Å². The standard InChI is InChI=1S/C12H23N3O3/c1-2-10(11(13)15-17)12(16)14-6-3-7-18-8-9-4-5-9/h9-10,17H,2-8H2,1H3,(H2,13,15)(H,14,16). The van der Waals surface area contributed by atoms with Crippen LogP contribution in [-0.4, -0.2) is 36.7 Å². The molecule has 0 saturated heterocycles. The minimum Gasteiger partial charge on any atom is -0.409 e. The average Bonchev–Trinajstić information content (AvgIpc) is 3.18. The van der Waals surface area contributed by atoms with Gasteiger partial charge in [0.25, 0.3) is 0 Å². The van der Waals surface area contributed by atoms with Crippen molar-refractivity contribution in [2.24, 2.45) is 22.7 Å². The summed E-state index contributed by atoms with van der Waals surface area (Å²) in [6.07, 6.45) is 3.87. The molecule has 0 heterocycles. The molecule has 1 fully saturated rings. The number of amidine groups is 1. The summed E-state index contributed by atoms with van der Waals surface area (Å²) in [6.45, 7) is 3.88. The molecule has 0 aromatic heterocycles. The SMILES string of the molecule is CCC(C(=O)NCCCOCC1CC1)C(N)=NO. The number of ether oxygens (including phenoxy) is 1. The molecule has 1 aliphatic rings. The van der Waals surface area contributed by atoms with Crippen molar-refractivity contribution in [3.8, 4) is 0 Å². The Hall–Kier alpha value is -1.30. The Labute approximate surface area is 108 Å². The summed E-state index contributed by atoms with van der Waals surface area (Å²) in [5, 5.41) is 14.2. The van der Waals surface area contributed by atoms with E-state index < -0.39 is 5.92 Å². The number of nitrogens with one attached hydrogen (secondary N) is 1. The smallest absolute Gasteiger partial charge is 0.230 e. The number of nitrogens with zero attached hydrogens (tertiary/aromatic N) is 1. The number of carbonyl (C=O) groups excluding carboxylic acids is 1. The zero-order valence-corrected chi connectivity index (χ0v) is 10.9. The molecule has 18 heavy (non-hydrogen) atoms. The van der Waals surface area contributed by atoms with Gasteiger partial charge in [0.15, 0.2) is 5.84 Å². The second-order valence-corrected chi connectivity index (χ2v) is 4.65. The highest BCUT2D eigenvalue weighted by atomic mass is 16.5. The molecule has 0 aromatic rings. The van der Waals surface area contributed by atoms with Gasteiger partial charge < -0.3 is 21.0 Å². The molecule has 1 amide bonds. The number of rotatable bonds is 9. The zero-order chi connectivity index (χ0) is 13.4. The minimum absolute atomic E-state index is 0.0417. The van der Waals surface area contributed by atoms with Gasteiger partial charge in [-0.25, -0.2) is 0 Å². The molecule has 1 atom stereocenters. The van der Waals surface area contributed by atoms with Crippen LogP contribution in [0.2, 0.25) is 0 Å². The van der Waals surface area contributed by atoms with Gasteiger partial charge in [0.05, 0.1) is 5.92 Å². The number of hydrogen-bond donors (Lipinski definition) is 3. The fraction of sp³-hybridized carbons (Fsp3) is 0.833. The van der Waals surface area contributed by atoms with Crippen LogP contribution in [-0.2, 0) is 9.53 Å². The number of amides is 1. The molecule has 0 spiro atoms. The summed E-state index contributed by atoms with van der Waals surface area (Å²) in [7, 11) is 0. The van der Waals surface area contributed by atoms with Gasteiger partial charge in [-0.2, -0.15) is 0 Å². The van der Waals surface area contributed by atoms with E-state index in [4.69, 9.17) is 15.7 Å². The van der Waals surface area contributed by atoms with Crippen LogP contribution in [0, 0.1) is 11.8 Å². The van der Waals surface area contributed by atoms with Crippen LogP contribution in [0.3, 0.4) is 0 Å². The van der Waals surface area contributed by atoms with Crippen molar-refractivity contribution in [3.05, 3.63) is 0 Å². The zero-order valence-electron chi connectivity index (χ0n) is 10.9. The van der Waals surface area contributed by atoms with Gasteiger partial charge in [0.2, 0.25) is 5.91 Å². The number of nitrogens with two attached hydrogens (primary N) is 1. The Morgan fingerprint density at radius 2 is 2.33 bits per heavy atom. The second kappa shape index (κ2) is 7.92. The van der Waals surface area contributed by atoms with Crippen molar-refractivity contribution in [1.82, 2.24) is 5.32 Å². The normalized spacial score (nSPS) is 17.5. The molecular formula is C12H23N3O3. The van der Waals surface area contributed by atoms with Crippen molar-refractivity contribution in [1.29, 1.82) is 0 Å². The maximum atomic E-state index is 11.7. The van der Waals surface area contributed by atoms with Crippen LogP contribution in [0.5, 0.6) is 0 Å². The Morgan fingerprint density at radius 3 is 2.89 bits per heavy atom. The molecule has 1 aliphatic carbocycles. The summed E-state index contributed by atoms with van der Waals surface area (Å²) in [6, 6.07) is 0. The first-order chi connectivity index (χ1) is 8.69. The maximum Gasteiger partial charge on any atom is 0.230 e. The van der Waals surface area contributed by atoms with Crippen LogP contribution in [0.1, 0.15) is 32.6 Å². The van der Waals surface area contributed by atoms with E-state index in [1.807, 2.05) is 6.92 Å². The molecule has 6 heteroatoms. The third-order valence-corrected chi connectivity index (χ3v) is 3.01. The highest BCUT2D eigenvalue weighted by Gasteiger charge is 2.21. The molecule has 0 radical (unpaired) electrons. The van der Waals surface area contributed by atoms with Gasteiger partial charge in [0.1, 0.15) is 0 Å². The lowest BCUT2D eigenvalue weighted by Crippen LogP contribution is -2.39. The number of carbonyl (C=O) groups is 1. The summed E-state index contributed by atoms with van der Waals surface area (Å²) in [4.78, 5) is 11.7. The molecular weight excluding hydrogens is 234 g/mol. The molecule has 0 bridgehead atoms. The molecule has 0 aliphatic heterocycles. The summed E-state index contributed by atoms with van der Waals surface area (Å²) >= 11 is 0. The largest absolute Gasteiger partial charge is 0.409 e. The lowest BCUT2D eigenvalue weighted by atomic mass is 10.0. The molecule has 4 N–H and O–H groups in total. The Morgan fingerprint density at radius 1 is 1.61 bits per heavy atom. The van der Waals surface area contributed by atoms with E-state index in [0.717, 1.165) is 18.9 Å². The third-order valence-electron chi connectivity index (χ3n) is 3.01. The van der Waals surface area contributed by atoms with Crippen LogP contribution in [0.4, 0.5) is 0 Å². The van der Waals surface area contributed by atoms with E-state index in [0.29, 0.717) is 19.6 Å². The van der Waals surface area contributed by atoms with Gasteiger partial charge in [-0.15, -0.1) is 0 Å². The maximum absolute atomic E-state index is 11.7. The van der Waals surface area contributed by atoms with Crippen molar-refractivity contribution < 1.29 is 14.7 Å². The fourth-order valence-corrected chi connectivity index (χ4v) is 1.64. The van der Waals surface area contributed by atoms with E-state index in [1.54, 1.807) is 0 Å². The van der Waals surface area contributed by atoms with E-state index in [9.17, 15) is 4.79 Å². The summed E-state index contributed by atoms with van der Waals surface area (Å²) in [5.41, 5.74) is 5.44. The quantitative estimate of drug-likeness (QED) is 0.186. The van der Waals surface area contributed by atoms with Gasteiger partial charge in [-0.05, 0) is 31.6 Å². The summed E-state index contributed by atoms with van der Waals surface area (Å²) < 4.78 is 5.46. The first kappa shape index (κ1) is 14.8. The Balaban J connectivity index is 2.06. The molecule has 1 unspecified atom stereocenters. The average molecular weight is 257 g/mol. The number of oxime groups is 1. The molecule has 104 valence electrons. The van der Waals surface area contributed by atoms with Crippen LogP contribution in [0.15, 0.2) is 5.16 Å². The predicted molar refractivity (Wildman–Crippen MR) is 68.4 cm³/mol. The van der Waals surface area contributed by atoms with Crippen molar-refractivity contribution in [3.63, 3.8) is 0 Å². The highest BCUT2D eigenvalue weighted by molar-refractivity contribution is 6.01. The molecule has 1 rings (SSSR count). The lowest BCUT2D eigenvalue weighted by Gasteiger charge is -2.13. The predicted octanol–water partition coefficient (Wildman–Crippen LogP) is 0.692. The van der Waals surface area contributed by atoms with Gasteiger partial charge in [-0.1, -0.05) is 12.1 Å². The first-order valence-electron chi connectivity index (χ1n) is 6.51. The van der Waals surface area contributed by atoms with E-state index in [2.05, 4.69) is 10.5 Å².